The molecule has 0 aliphatic carbocycles. The molecule has 4 heteroatoms. The van der Waals surface area contributed by atoms with Crippen LogP contribution in [0, 0.1) is 12.3 Å². The van der Waals surface area contributed by atoms with E-state index in [4.69, 9.17) is 9.47 Å². The average molecular weight is 328 g/mol. The van der Waals surface area contributed by atoms with Crippen molar-refractivity contribution in [2.75, 3.05) is 13.2 Å². The lowest BCUT2D eigenvalue weighted by molar-refractivity contribution is -0.307. The van der Waals surface area contributed by atoms with Crippen LogP contribution in [0.2, 0.25) is 0 Å². The molecular formula is C20H28N2O2. The van der Waals surface area contributed by atoms with E-state index < -0.39 is 5.79 Å². The van der Waals surface area contributed by atoms with E-state index in [0.717, 1.165) is 32.5 Å². The lowest BCUT2D eigenvalue weighted by Crippen LogP contribution is -2.50. The van der Waals surface area contributed by atoms with Crippen LogP contribution in [0.3, 0.4) is 0 Å². The van der Waals surface area contributed by atoms with Gasteiger partial charge in [0.25, 0.3) is 0 Å². The highest BCUT2D eigenvalue weighted by Crippen LogP contribution is 2.34. The molecule has 0 amide bonds. The fourth-order valence-corrected chi connectivity index (χ4v) is 3.03. The molecule has 24 heavy (non-hydrogen) atoms. The number of benzene rings is 1. The van der Waals surface area contributed by atoms with Crippen molar-refractivity contribution in [3.8, 4) is 0 Å². The van der Waals surface area contributed by atoms with Gasteiger partial charge in [0.15, 0.2) is 5.79 Å². The first-order chi connectivity index (χ1) is 11.5. The van der Waals surface area contributed by atoms with Crippen LogP contribution in [0.1, 0.15) is 37.8 Å². The Hall–Kier alpha value is -1.65. The number of nitrogens with zero attached hydrogens (tertiary/aromatic N) is 2. The first-order valence-electron chi connectivity index (χ1n) is 8.76. The normalized spacial score (nSPS) is 19.3. The van der Waals surface area contributed by atoms with Crippen molar-refractivity contribution in [3.63, 3.8) is 0 Å². The molecule has 0 saturated carbocycles. The molecule has 1 aliphatic heterocycles. The molecule has 0 N–H and O–H groups in total. The van der Waals surface area contributed by atoms with Gasteiger partial charge in [-0.1, -0.05) is 43.7 Å². The van der Waals surface area contributed by atoms with E-state index >= 15 is 0 Å². The number of aryl methyl sites for hydroxylation is 2. The molecule has 2 aromatic rings. The van der Waals surface area contributed by atoms with Gasteiger partial charge in [0, 0.05) is 24.2 Å². The molecule has 1 aromatic carbocycles. The van der Waals surface area contributed by atoms with Crippen molar-refractivity contribution in [1.29, 1.82) is 0 Å². The lowest BCUT2D eigenvalue weighted by atomic mass is 9.93. The van der Waals surface area contributed by atoms with Gasteiger partial charge < -0.3 is 14.0 Å². The second-order valence-electron chi connectivity index (χ2n) is 7.73. The van der Waals surface area contributed by atoms with Gasteiger partial charge in [-0.3, -0.25) is 0 Å². The van der Waals surface area contributed by atoms with Crippen LogP contribution in [-0.4, -0.2) is 28.6 Å². The molecule has 0 atom stereocenters. The summed E-state index contributed by atoms with van der Waals surface area (Å²) < 4.78 is 14.5. The van der Waals surface area contributed by atoms with Crippen molar-refractivity contribution in [3.05, 3.63) is 54.1 Å². The molecule has 130 valence electrons. The standard InChI is InChI=1S/C20H28N2O2/c1-17-6-8-18(9-7-17)5-4-10-20(13-22-12-11-21-16-22)23-14-19(2,3)15-24-20/h6-9,11-12,16H,4-5,10,13-15H2,1-3H3. The molecule has 3 rings (SSSR count). The Morgan fingerprint density at radius 1 is 1.12 bits per heavy atom. The van der Waals surface area contributed by atoms with Crippen LogP contribution in [0.4, 0.5) is 0 Å². The molecular weight excluding hydrogens is 300 g/mol. The summed E-state index contributed by atoms with van der Waals surface area (Å²) >= 11 is 0. The third kappa shape index (κ3) is 4.46. The average Bonchev–Trinajstić information content (AvgIpc) is 3.05. The maximum absolute atomic E-state index is 6.24. The minimum Gasteiger partial charge on any atom is -0.348 e. The fraction of sp³-hybridized carbons (Fsp3) is 0.550. The minimum atomic E-state index is -0.541. The highest BCUT2D eigenvalue weighted by atomic mass is 16.7. The van der Waals surface area contributed by atoms with Gasteiger partial charge in [-0.15, -0.1) is 0 Å². The smallest absolute Gasteiger partial charge is 0.186 e. The summed E-state index contributed by atoms with van der Waals surface area (Å²) in [4.78, 5) is 4.14. The second-order valence-corrected chi connectivity index (χ2v) is 7.73. The predicted octanol–water partition coefficient (Wildman–Crippen LogP) is 3.98. The molecule has 2 heterocycles. The fourth-order valence-electron chi connectivity index (χ4n) is 3.03. The van der Waals surface area contributed by atoms with Crippen LogP contribution in [-0.2, 0) is 22.4 Å². The zero-order chi connectivity index (χ0) is 17.0. The van der Waals surface area contributed by atoms with Crippen molar-refractivity contribution >= 4 is 0 Å². The highest BCUT2D eigenvalue weighted by molar-refractivity contribution is 5.21. The second kappa shape index (κ2) is 7.08. The van der Waals surface area contributed by atoms with Gasteiger partial charge in [0.2, 0.25) is 0 Å². The largest absolute Gasteiger partial charge is 0.348 e. The highest BCUT2D eigenvalue weighted by Gasteiger charge is 2.40. The lowest BCUT2D eigenvalue weighted by Gasteiger charge is -2.43. The molecule has 0 unspecified atom stereocenters. The summed E-state index contributed by atoms with van der Waals surface area (Å²) in [5, 5.41) is 0. The van der Waals surface area contributed by atoms with Gasteiger partial charge in [0.1, 0.15) is 0 Å². The summed E-state index contributed by atoms with van der Waals surface area (Å²) in [6.07, 6.45) is 8.56. The first kappa shape index (κ1) is 17.2. The monoisotopic (exact) mass is 328 g/mol. The van der Waals surface area contributed by atoms with E-state index in [1.165, 1.54) is 11.1 Å². The summed E-state index contributed by atoms with van der Waals surface area (Å²) in [6, 6.07) is 8.77. The van der Waals surface area contributed by atoms with Crippen LogP contribution < -0.4 is 0 Å². The van der Waals surface area contributed by atoms with E-state index in [2.05, 4.69) is 50.0 Å². The van der Waals surface area contributed by atoms with Crippen LogP contribution in [0.5, 0.6) is 0 Å². The molecule has 4 nitrogen and oxygen atoms in total. The summed E-state index contributed by atoms with van der Waals surface area (Å²) in [5.41, 5.74) is 2.75. The summed E-state index contributed by atoms with van der Waals surface area (Å²) in [7, 11) is 0. The maximum atomic E-state index is 6.24. The Labute approximate surface area is 144 Å². The Morgan fingerprint density at radius 2 is 1.83 bits per heavy atom. The summed E-state index contributed by atoms with van der Waals surface area (Å²) in [6.45, 7) is 8.63. The van der Waals surface area contributed by atoms with Crippen LogP contribution in [0.25, 0.3) is 0 Å². The number of ether oxygens (including phenoxy) is 2. The molecule has 1 saturated heterocycles. The number of hydrogen-bond acceptors (Lipinski definition) is 3. The first-order valence-corrected chi connectivity index (χ1v) is 8.76. The van der Waals surface area contributed by atoms with Gasteiger partial charge in [0.05, 0.1) is 26.1 Å². The van der Waals surface area contributed by atoms with Crippen molar-refractivity contribution in [2.24, 2.45) is 5.41 Å². The Balaban J connectivity index is 1.62. The topological polar surface area (TPSA) is 36.3 Å². The summed E-state index contributed by atoms with van der Waals surface area (Å²) in [5.74, 6) is -0.541. The predicted molar refractivity (Wildman–Crippen MR) is 94.8 cm³/mol. The molecule has 1 aliphatic rings. The zero-order valence-electron chi connectivity index (χ0n) is 15.0. The molecule has 1 fully saturated rings. The van der Waals surface area contributed by atoms with Crippen molar-refractivity contribution in [2.45, 2.75) is 52.4 Å². The zero-order valence-corrected chi connectivity index (χ0v) is 15.0. The Kier molecular flexibility index (Phi) is 5.07. The number of rotatable bonds is 6. The SMILES string of the molecule is Cc1ccc(CCCC2(Cn3ccnc3)OCC(C)(C)CO2)cc1. The van der Waals surface area contributed by atoms with Crippen molar-refractivity contribution in [1.82, 2.24) is 9.55 Å². The minimum absolute atomic E-state index is 0.0788. The quantitative estimate of drug-likeness (QED) is 0.804. The van der Waals surface area contributed by atoms with E-state index in [-0.39, 0.29) is 5.41 Å². The van der Waals surface area contributed by atoms with Gasteiger partial charge in [-0.05, 0) is 25.3 Å². The maximum Gasteiger partial charge on any atom is 0.186 e. The Morgan fingerprint density at radius 3 is 2.46 bits per heavy atom. The van der Waals surface area contributed by atoms with E-state index in [0.29, 0.717) is 6.54 Å². The van der Waals surface area contributed by atoms with Crippen molar-refractivity contribution < 1.29 is 9.47 Å². The third-order valence-electron chi connectivity index (χ3n) is 4.58. The molecule has 0 radical (unpaired) electrons. The van der Waals surface area contributed by atoms with Gasteiger partial charge in [-0.2, -0.15) is 0 Å². The third-order valence-corrected chi connectivity index (χ3v) is 4.58. The number of aromatic nitrogens is 2. The van der Waals surface area contributed by atoms with Gasteiger partial charge in [-0.25, -0.2) is 4.98 Å². The van der Waals surface area contributed by atoms with Gasteiger partial charge >= 0.3 is 0 Å². The van der Waals surface area contributed by atoms with E-state index in [9.17, 15) is 0 Å². The number of hydrogen-bond donors (Lipinski definition) is 0. The molecule has 0 bridgehead atoms. The van der Waals surface area contributed by atoms with E-state index in [1.807, 2.05) is 17.1 Å². The molecule has 1 aromatic heterocycles. The van der Waals surface area contributed by atoms with E-state index in [1.54, 1.807) is 6.20 Å². The number of imidazole rings is 1. The van der Waals surface area contributed by atoms with Crippen LogP contribution >= 0.6 is 0 Å². The molecule has 0 spiro atoms. The van der Waals surface area contributed by atoms with Crippen LogP contribution in [0.15, 0.2) is 43.0 Å². The Bertz CT molecular complexity index is 622.